The number of hydrogen-bond acceptors (Lipinski definition) is 6. The van der Waals surface area contributed by atoms with E-state index in [0.29, 0.717) is 25.9 Å². The summed E-state index contributed by atoms with van der Waals surface area (Å²) in [5.41, 5.74) is -1.43. The van der Waals surface area contributed by atoms with Crippen molar-refractivity contribution in [3.05, 3.63) is 12.7 Å². The third-order valence-electron chi connectivity index (χ3n) is 6.60. The van der Waals surface area contributed by atoms with Gasteiger partial charge in [0.1, 0.15) is 0 Å². The Morgan fingerprint density at radius 1 is 0.824 bits per heavy atom. The van der Waals surface area contributed by atoms with Crippen molar-refractivity contribution in [1.82, 2.24) is 0 Å². The van der Waals surface area contributed by atoms with Gasteiger partial charge in [0.05, 0.1) is 19.1 Å². The first-order chi connectivity index (χ1) is 16.5. The van der Waals surface area contributed by atoms with E-state index < -0.39 is 23.5 Å². The van der Waals surface area contributed by atoms with Gasteiger partial charge in [-0.25, -0.2) is 9.59 Å². The lowest BCUT2D eigenvalue weighted by Crippen LogP contribution is -2.49. The number of unbranched alkanes of at least 4 members (excludes halogenated alkanes) is 11. The van der Waals surface area contributed by atoms with E-state index in [1.807, 2.05) is 6.92 Å². The zero-order valence-corrected chi connectivity index (χ0v) is 21.7. The van der Waals surface area contributed by atoms with Crippen LogP contribution in [0.1, 0.15) is 123 Å². The maximum absolute atomic E-state index is 12.8. The molecule has 0 aromatic rings. The van der Waals surface area contributed by atoms with Crippen LogP contribution in [0.4, 0.5) is 0 Å². The minimum Gasteiger partial charge on any atom is -0.465 e. The molecule has 0 aromatic heterocycles. The number of hydrogen-bond donors (Lipinski definition) is 0. The molecule has 1 fully saturated rings. The number of rotatable bonds is 19. The largest absolute Gasteiger partial charge is 0.465 e. The molecule has 0 aromatic carbocycles. The summed E-state index contributed by atoms with van der Waals surface area (Å²) in [6.07, 6.45) is 17.9. The van der Waals surface area contributed by atoms with Crippen LogP contribution in [0.2, 0.25) is 0 Å². The molecule has 0 amide bonds. The Labute approximate surface area is 207 Å². The van der Waals surface area contributed by atoms with E-state index in [1.165, 1.54) is 57.8 Å². The van der Waals surface area contributed by atoms with Crippen molar-refractivity contribution in [2.75, 3.05) is 13.2 Å². The lowest BCUT2D eigenvalue weighted by Gasteiger charge is -2.37. The molecule has 2 atom stereocenters. The topological polar surface area (TPSA) is 78.9 Å². The highest BCUT2D eigenvalue weighted by molar-refractivity contribution is 5.88. The molecule has 34 heavy (non-hydrogen) atoms. The highest BCUT2D eigenvalue weighted by atomic mass is 16.6. The molecule has 2 unspecified atom stereocenters. The van der Waals surface area contributed by atoms with Crippen LogP contribution in [0.25, 0.3) is 0 Å². The third-order valence-corrected chi connectivity index (χ3v) is 6.60. The normalized spacial score (nSPS) is 19.9. The molecule has 1 saturated carbocycles. The van der Waals surface area contributed by atoms with Crippen LogP contribution < -0.4 is 0 Å². The van der Waals surface area contributed by atoms with Gasteiger partial charge in [-0.05, 0) is 32.1 Å². The van der Waals surface area contributed by atoms with Crippen molar-refractivity contribution in [2.45, 2.75) is 129 Å². The Kier molecular flexibility index (Phi) is 16.4. The van der Waals surface area contributed by atoms with Gasteiger partial charge in [0.15, 0.2) is 0 Å². The zero-order valence-electron chi connectivity index (χ0n) is 21.7. The van der Waals surface area contributed by atoms with Crippen LogP contribution in [-0.4, -0.2) is 36.7 Å². The summed E-state index contributed by atoms with van der Waals surface area (Å²) in [6, 6.07) is 0. The Balaban J connectivity index is 2.35. The predicted molar refractivity (Wildman–Crippen MR) is 134 cm³/mol. The summed E-state index contributed by atoms with van der Waals surface area (Å²) in [5, 5.41) is 0. The second-order valence-corrected chi connectivity index (χ2v) is 9.61. The Morgan fingerprint density at radius 2 is 1.38 bits per heavy atom. The van der Waals surface area contributed by atoms with Crippen LogP contribution in [0.5, 0.6) is 0 Å². The molecule has 6 heteroatoms. The fourth-order valence-electron chi connectivity index (χ4n) is 4.49. The van der Waals surface area contributed by atoms with Crippen molar-refractivity contribution < 1.29 is 28.6 Å². The molecular weight excluding hydrogens is 432 g/mol. The summed E-state index contributed by atoms with van der Waals surface area (Å²) in [6.45, 7) is 8.34. The molecule has 1 rings (SSSR count). The minimum atomic E-state index is -1.43. The van der Waals surface area contributed by atoms with Gasteiger partial charge >= 0.3 is 17.9 Å². The highest BCUT2D eigenvalue weighted by Crippen LogP contribution is 2.37. The summed E-state index contributed by atoms with van der Waals surface area (Å²) in [7, 11) is 0. The maximum atomic E-state index is 12.8. The molecule has 1 aliphatic carbocycles. The molecule has 1 aliphatic rings. The number of ether oxygens (including phenoxy) is 3. The number of carbonyl (C=O) groups is 3. The highest BCUT2D eigenvalue weighted by Gasteiger charge is 2.49. The standard InChI is InChI=1S/C28H48O6/c1-4-7-9-10-11-12-13-14-15-16-17-22-32-26(30)24-19-18-20-28(23-24,34-25(29)6-3)27(31)33-21-8-5-2/h6,24H,3-5,7-23H2,1-2H3. The van der Waals surface area contributed by atoms with E-state index in [4.69, 9.17) is 14.2 Å². The van der Waals surface area contributed by atoms with Gasteiger partial charge < -0.3 is 14.2 Å². The lowest BCUT2D eigenvalue weighted by atomic mass is 9.77. The van der Waals surface area contributed by atoms with Gasteiger partial charge in [0, 0.05) is 12.5 Å². The average Bonchev–Trinajstić information content (AvgIpc) is 2.84. The molecular formula is C28H48O6. The Morgan fingerprint density at radius 3 is 1.97 bits per heavy atom. The van der Waals surface area contributed by atoms with Gasteiger partial charge in [-0.15, -0.1) is 0 Å². The van der Waals surface area contributed by atoms with Gasteiger partial charge in [0.25, 0.3) is 0 Å². The van der Waals surface area contributed by atoms with Crippen LogP contribution in [0.15, 0.2) is 12.7 Å². The fraction of sp³-hybridized carbons (Fsp3) is 0.821. The van der Waals surface area contributed by atoms with Crippen molar-refractivity contribution in [3.63, 3.8) is 0 Å². The lowest BCUT2D eigenvalue weighted by molar-refractivity contribution is -0.188. The quantitative estimate of drug-likeness (QED) is 0.0871. The summed E-state index contributed by atoms with van der Waals surface area (Å²) >= 11 is 0. The van der Waals surface area contributed by atoms with Crippen molar-refractivity contribution >= 4 is 17.9 Å². The predicted octanol–water partition coefficient (Wildman–Crippen LogP) is 6.84. The van der Waals surface area contributed by atoms with E-state index in [0.717, 1.165) is 31.8 Å². The van der Waals surface area contributed by atoms with E-state index >= 15 is 0 Å². The van der Waals surface area contributed by atoms with Crippen molar-refractivity contribution in [3.8, 4) is 0 Å². The first-order valence-corrected chi connectivity index (χ1v) is 13.7. The molecule has 0 aliphatic heterocycles. The molecule has 0 spiro atoms. The smallest absolute Gasteiger partial charge is 0.350 e. The van der Waals surface area contributed by atoms with Gasteiger partial charge in [-0.2, -0.15) is 0 Å². The fourth-order valence-corrected chi connectivity index (χ4v) is 4.49. The van der Waals surface area contributed by atoms with Crippen LogP contribution >= 0.6 is 0 Å². The third kappa shape index (κ3) is 12.0. The first kappa shape index (κ1) is 30.2. The Bertz CT molecular complexity index is 602. The number of esters is 3. The van der Waals surface area contributed by atoms with Gasteiger partial charge in [-0.3, -0.25) is 4.79 Å². The first-order valence-electron chi connectivity index (χ1n) is 13.7. The summed E-state index contributed by atoms with van der Waals surface area (Å²) in [4.78, 5) is 37.4. The van der Waals surface area contributed by atoms with Crippen LogP contribution in [-0.2, 0) is 28.6 Å². The molecule has 196 valence electrons. The van der Waals surface area contributed by atoms with Gasteiger partial charge in [-0.1, -0.05) is 91.1 Å². The molecule has 0 heterocycles. The minimum absolute atomic E-state index is 0.106. The second-order valence-electron chi connectivity index (χ2n) is 9.61. The monoisotopic (exact) mass is 480 g/mol. The maximum Gasteiger partial charge on any atom is 0.350 e. The summed E-state index contributed by atoms with van der Waals surface area (Å²) in [5.74, 6) is -2.04. The van der Waals surface area contributed by atoms with E-state index in [2.05, 4.69) is 13.5 Å². The molecule has 0 N–H and O–H groups in total. The van der Waals surface area contributed by atoms with Crippen LogP contribution in [0.3, 0.4) is 0 Å². The zero-order chi connectivity index (χ0) is 25.1. The molecule has 6 nitrogen and oxygen atoms in total. The average molecular weight is 481 g/mol. The van der Waals surface area contributed by atoms with E-state index in [1.54, 1.807) is 0 Å². The SMILES string of the molecule is C=CC(=O)OC1(C(=O)OCCCC)CCCC(C(=O)OCCCCCCCCCCCCC)C1. The molecule has 0 bridgehead atoms. The number of carbonyl (C=O) groups excluding carboxylic acids is 3. The van der Waals surface area contributed by atoms with E-state index in [-0.39, 0.29) is 19.0 Å². The van der Waals surface area contributed by atoms with Crippen molar-refractivity contribution in [1.29, 1.82) is 0 Å². The summed E-state index contributed by atoms with van der Waals surface area (Å²) < 4.78 is 16.4. The molecule has 0 saturated heterocycles. The van der Waals surface area contributed by atoms with Gasteiger partial charge in [0.2, 0.25) is 5.60 Å². The molecule has 0 radical (unpaired) electrons. The van der Waals surface area contributed by atoms with E-state index in [9.17, 15) is 14.4 Å². The Hall–Kier alpha value is -1.85. The van der Waals surface area contributed by atoms with Crippen LogP contribution in [0, 0.1) is 5.92 Å². The second kappa shape index (κ2) is 18.5. The van der Waals surface area contributed by atoms with Crippen molar-refractivity contribution in [2.24, 2.45) is 5.92 Å².